The highest BCUT2D eigenvalue weighted by molar-refractivity contribution is 7.07. The molecule has 1 N–H and O–H groups in total. The Morgan fingerprint density at radius 3 is 2.50 bits per heavy atom. The molecule has 1 saturated heterocycles. The number of thiazole rings is 1. The van der Waals surface area contributed by atoms with Gasteiger partial charge in [0.2, 0.25) is 0 Å². The lowest BCUT2D eigenvalue weighted by Crippen LogP contribution is -2.40. The Labute approximate surface area is 191 Å². The van der Waals surface area contributed by atoms with E-state index in [-0.39, 0.29) is 11.7 Å². The standard InChI is InChI=1S/C24H27FN4O2S/c1-17(13-29(24(30)31)14-22-15-32-16-27-22)18-8-10-28(11-9-18)23-7-4-20(12-26-23)19-2-5-21(25)6-3-19/h2-7,12,15-18H,8-11,13-14H2,1H3,(H,30,31). The van der Waals surface area contributed by atoms with E-state index in [0.717, 1.165) is 48.6 Å². The van der Waals surface area contributed by atoms with Crippen LogP contribution in [0.2, 0.25) is 0 Å². The van der Waals surface area contributed by atoms with Crippen LogP contribution >= 0.6 is 11.3 Å². The number of benzene rings is 1. The predicted octanol–water partition coefficient (Wildman–Crippen LogP) is 5.38. The van der Waals surface area contributed by atoms with Crippen molar-refractivity contribution in [3.8, 4) is 11.1 Å². The maximum Gasteiger partial charge on any atom is 0.407 e. The lowest BCUT2D eigenvalue weighted by molar-refractivity contribution is 0.123. The number of halogens is 1. The third-order valence-corrected chi connectivity index (χ3v) is 6.84. The number of piperidine rings is 1. The number of rotatable bonds is 7. The van der Waals surface area contributed by atoms with Crippen LogP contribution in [0.4, 0.5) is 15.0 Å². The van der Waals surface area contributed by atoms with Gasteiger partial charge in [-0.15, -0.1) is 11.3 Å². The fourth-order valence-corrected chi connectivity index (χ4v) is 4.85. The van der Waals surface area contributed by atoms with E-state index in [1.807, 2.05) is 23.7 Å². The number of nitrogens with zero attached hydrogens (tertiary/aromatic N) is 4. The Kier molecular flexibility index (Phi) is 6.99. The Morgan fingerprint density at radius 1 is 1.19 bits per heavy atom. The molecule has 1 amide bonds. The van der Waals surface area contributed by atoms with Gasteiger partial charge in [0.1, 0.15) is 11.6 Å². The SMILES string of the molecule is CC(CN(Cc1cscn1)C(=O)O)C1CCN(c2ccc(-c3ccc(F)cc3)cn2)CC1. The van der Waals surface area contributed by atoms with Crippen molar-refractivity contribution in [1.29, 1.82) is 0 Å². The minimum absolute atomic E-state index is 0.245. The highest BCUT2D eigenvalue weighted by Gasteiger charge is 2.27. The molecule has 1 atom stereocenters. The smallest absolute Gasteiger partial charge is 0.407 e. The average molecular weight is 455 g/mol. The Hall–Kier alpha value is -3.00. The van der Waals surface area contributed by atoms with E-state index < -0.39 is 6.09 Å². The molecule has 168 valence electrons. The van der Waals surface area contributed by atoms with Crippen LogP contribution in [0.1, 0.15) is 25.5 Å². The van der Waals surface area contributed by atoms with Gasteiger partial charge < -0.3 is 14.9 Å². The second kappa shape index (κ2) is 10.1. The number of hydrogen-bond donors (Lipinski definition) is 1. The molecule has 1 aliphatic heterocycles. The first-order valence-electron chi connectivity index (χ1n) is 10.8. The molecule has 2 aromatic heterocycles. The number of aromatic nitrogens is 2. The van der Waals surface area contributed by atoms with E-state index in [1.165, 1.54) is 28.4 Å². The van der Waals surface area contributed by atoms with Crippen LogP contribution in [0.15, 0.2) is 53.5 Å². The van der Waals surface area contributed by atoms with E-state index in [0.29, 0.717) is 19.0 Å². The Morgan fingerprint density at radius 2 is 1.91 bits per heavy atom. The number of anilines is 1. The number of amides is 1. The zero-order valence-electron chi connectivity index (χ0n) is 18.0. The zero-order chi connectivity index (χ0) is 22.5. The van der Waals surface area contributed by atoms with Crippen molar-refractivity contribution in [1.82, 2.24) is 14.9 Å². The van der Waals surface area contributed by atoms with Crippen molar-refractivity contribution in [2.24, 2.45) is 11.8 Å². The van der Waals surface area contributed by atoms with Crippen molar-refractivity contribution in [2.45, 2.75) is 26.3 Å². The van der Waals surface area contributed by atoms with E-state index in [2.05, 4.69) is 21.8 Å². The molecule has 0 saturated carbocycles. The average Bonchev–Trinajstić information content (AvgIpc) is 3.32. The largest absolute Gasteiger partial charge is 0.465 e. The van der Waals surface area contributed by atoms with Gasteiger partial charge in [-0.05, 0) is 54.5 Å². The van der Waals surface area contributed by atoms with Crippen molar-refractivity contribution >= 4 is 23.2 Å². The van der Waals surface area contributed by atoms with E-state index in [1.54, 1.807) is 17.6 Å². The number of hydrogen-bond acceptors (Lipinski definition) is 5. The molecule has 3 aromatic rings. The van der Waals surface area contributed by atoms with Crippen molar-refractivity contribution in [2.75, 3.05) is 24.5 Å². The fourth-order valence-electron chi connectivity index (χ4n) is 4.30. The maximum atomic E-state index is 13.1. The Balaban J connectivity index is 1.31. The van der Waals surface area contributed by atoms with Crippen molar-refractivity contribution in [3.63, 3.8) is 0 Å². The molecule has 1 fully saturated rings. The van der Waals surface area contributed by atoms with E-state index in [9.17, 15) is 14.3 Å². The summed E-state index contributed by atoms with van der Waals surface area (Å²) in [4.78, 5) is 24.3. The summed E-state index contributed by atoms with van der Waals surface area (Å²) in [5.74, 6) is 1.45. The monoisotopic (exact) mass is 454 g/mol. The summed E-state index contributed by atoms with van der Waals surface area (Å²) in [7, 11) is 0. The summed E-state index contributed by atoms with van der Waals surface area (Å²) >= 11 is 1.48. The lowest BCUT2D eigenvalue weighted by atomic mass is 9.85. The van der Waals surface area contributed by atoms with Gasteiger partial charge in [0.05, 0.1) is 17.7 Å². The first kappa shape index (κ1) is 22.2. The van der Waals surface area contributed by atoms with Crippen LogP contribution in [0.3, 0.4) is 0 Å². The molecule has 1 aromatic carbocycles. The molecule has 0 bridgehead atoms. The highest BCUT2D eigenvalue weighted by atomic mass is 32.1. The minimum atomic E-state index is -0.896. The fraction of sp³-hybridized carbons (Fsp3) is 0.375. The van der Waals surface area contributed by atoms with Gasteiger partial charge in [0.25, 0.3) is 0 Å². The van der Waals surface area contributed by atoms with Crippen molar-refractivity contribution < 1.29 is 14.3 Å². The summed E-state index contributed by atoms with van der Waals surface area (Å²) in [6.45, 7) is 4.80. The van der Waals surface area contributed by atoms with Gasteiger partial charge in [-0.3, -0.25) is 0 Å². The lowest BCUT2D eigenvalue weighted by Gasteiger charge is -2.36. The molecule has 0 aliphatic carbocycles. The van der Waals surface area contributed by atoms with Crippen LogP contribution < -0.4 is 4.90 Å². The first-order valence-corrected chi connectivity index (χ1v) is 11.8. The molecule has 0 radical (unpaired) electrons. The normalized spacial score (nSPS) is 15.5. The second-order valence-electron chi connectivity index (χ2n) is 8.36. The van der Waals surface area contributed by atoms with Gasteiger partial charge in [-0.25, -0.2) is 19.2 Å². The van der Waals surface area contributed by atoms with E-state index >= 15 is 0 Å². The first-order chi connectivity index (χ1) is 15.5. The van der Waals surface area contributed by atoms with Gasteiger partial charge in [-0.1, -0.05) is 19.1 Å². The summed E-state index contributed by atoms with van der Waals surface area (Å²) in [6, 6.07) is 10.5. The van der Waals surface area contributed by atoms with Crippen LogP contribution in [0.25, 0.3) is 11.1 Å². The van der Waals surface area contributed by atoms with Crippen LogP contribution in [-0.2, 0) is 6.54 Å². The summed E-state index contributed by atoms with van der Waals surface area (Å²) < 4.78 is 13.1. The molecule has 4 rings (SSSR count). The quantitative estimate of drug-likeness (QED) is 0.519. The van der Waals surface area contributed by atoms with Gasteiger partial charge in [-0.2, -0.15) is 0 Å². The number of carboxylic acid groups (broad SMARTS) is 1. The van der Waals surface area contributed by atoms with Gasteiger partial charge in [0.15, 0.2) is 0 Å². The van der Waals surface area contributed by atoms with Gasteiger partial charge >= 0.3 is 6.09 Å². The topological polar surface area (TPSA) is 69.6 Å². The van der Waals surface area contributed by atoms with Crippen LogP contribution in [-0.4, -0.2) is 45.7 Å². The highest BCUT2D eigenvalue weighted by Crippen LogP contribution is 2.29. The molecule has 32 heavy (non-hydrogen) atoms. The zero-order valence-corrected chi connectivity index (χ0v) is 18.8. The minimum Gasteiger partial charge on any atom is -0.465 e. The van der Waals surface area contributed by atoms with Crippen molar-refractivity contribution in [3.05, 3.63) is 65.0 Å². The molecule has 1 unspecified atom stereocenters. The molecular formula is C24H27FN4O2S. The van der Waals surface area contributed by atoms with Crippen LogP contribution in [0.5, 0.6) is 0 Å². The third-order valence-electron chi connectivity index (χ3n) is 6.21. The molecule has 3 heterocycles. The molecule has 1 aliphatic rings. The third kappa shape index (κ3) is 5.43. The van der Waals surface area contributed by atoms with Crippen LogP contribution in [0, 0.1) is 17.7 Å². The van der Waals surface area contributed by atoms with E-state index in [4.69, 9.17) is 0 Å². The molecular weight excluding hydrogens is 427 g/mol. The predicted molar refractivity (Wildman–Crippen MR) is 124 cm³/mol. The number of carbonyl (C=O) groups is 1. The summed E-state index contributed by atoms with van der Waals surface area (Å²) in [6.07, 6.45) is 2.95. The molecule has 8 heteroatoms. The maximum absolute atomic E-state index is 13.1. The second-order valence-corrected chi connectivity index (χ2v) is 9.08. The number of pyridine rings is 1. The molecule has 0 spiro atoms. The Bertz CT molecular complexity index is 1000. The van der Waals surface area contributed by atoms with Gasteiger partial charge in [0, 0.05) is 36.8 Å². The summed E-state index contributed by atoms with van der Waals surface area (Å²) in [5.41, 5.74) is 4.44. The summed E-state index contributed by atoms with van der Waals surface area (Å²) in [5, 5.41) is 11.5. The molecule has 6 nitrogen and oxygen atoms in total.